The molecule has 4 rings (SSSR count). The number of fused-ring (bicyclic) bond motifs is 1. The van der Waals surface area contributed by atoms with Crippen LogP contribution in [0, 0.1) is 0 Å². The molecule has 0 fully saturated rings. The summed E-state index contributed by atoms with van der Waals surface area (Å²) in [5.41, 5.74) is 3.85. The van der Waals surface area contributed by atoms with E-state index in [9.17, 15) is 5.11 Å². The summed E-state index contributed by atoms with van der Waals surface area (Å²) in [6.45, 7) is 2.08. The smallest absolute Gasteiger partial charge is 0.230 e. The van der Waals surface area contributed by atoms with Crippen molar-refractivity contribution in [3.05, 3.63) is 57.4 Å². The maximum absolute atomic E-state index is 10.2. The van der Waals surface area contributed by atoms with Gasteiger partial charge in [-0.15, -0.1) is 21.6 Å². The molecule has 0 saturated heterocycles. The van der Waals surface area contributed by atoms with E-state index in [2.05, 4.69) is 27.1 Å². The third-order valence-corrected chi connectivity index (χ3v) is 5.43. The summed E-state index contributed by atoms with van der Waals surface area (Å²) in [5, 5.41) is 22.8. The molecule has 0 amide bonds. The molecule has 0 aliphatic heterocycles. The van der Waals surface area contributed by atoms with Gasteiger partial charge in [0.1, 0.15) is 0 Å². The SMILES string of the molecule is CCc1ccc2[nH]c(O)c(N=Nc3nc(-c4ccc(Cl)cc4Cl)cs3)c2c1. The lowest BCUT2D eigenvalue weighted by Gasteiger charge is -2.00. The lowest BCUT2D eigenvalue weighted by molar-refractivity contribution is 0.459. The Kier molecular flexibility index (Phi) is 4.86. The number of aromatic amines is 1. The Morgan fingerprint density at radius 2 is 2.00 bits per heavy atom. The first-order valence-corrected chi connectivity index (χ1v) is 9.85. The van der Waals surface area contributed by atoms with Gasteiger partial charge in [-0.25, -0.2) is 4.98 Å². The van der Waals surface area contributed by atoms with E-state index in [1.807, 2.05) is 29.6 Å². The number of azo groups is 1. The van der Waals surface area contributed by atoms with Crippen molar-refractivity contribution in [2.45, 2.75) is 13.3 Å². The molecule has 0 unspecified atom stereocenters. The number of aromatic nitrogens is 2. The summed E-state index contributed by atoms with van der Waals surface area (Å²) in [5.74, 6) is -0.0143. The van der Waals surface area contributed by atoms with Gasteiger partial charge in [-0.3, -0.25) is 0 Å². The first-order chi connectivity index (χ1) is 13.0. The van der Waals surface area contributed by atoms with E-state index in [0.29, 0.717) is 26.6 Å². The predicted molar refractivity (Wildman–Crippen MR) is 111 cm³/mol. The average molecular weight is 417 g/mol. The maximum Gasteiger partial charge on any atom is 0.230 e. The number of hydrogen-bond acceptors (Lipinski definition) is 5. The molecule has 4 aromatic rings. The molecule has 5 nitrogen and oxygen atoms in total. The summed E-state index contributed by atoms with van der Waals surface area (Å²) in [6.07, 6.45) is 0.899. The highest BCUT2D eigenvalue weighted by Crippen LogP contribution is 2.38. The average Bonchev–Trinajstić information content (AvgIpc) is 3.23. The van der Waals surface area contributed by atoms with E-state index >= 15 is 0 Å². The van der Waals surface area contributed by atoms with Gasteiger partial charge in [0.05, 0.1) is 16.2 Å². The number of nitrogens with one attached hydrogen (secondary N) is 1. The van der Waals surface area contributed by atoms with E-state index in [-0.39, 0.29) is 5.88 Å². The van der Waals surface area contributed by atoms with E-state index in [1.54, 1.807) is 12.1 Å². The Bertz CT molecular complexity index is 1170. The minimum atomic E-state index is -0.0143. The Morgan fingerprint density at radius 3 is 2.78 bits per heavy atom. The largest absolute Gasteiger partial charge is 0.493 e. The van der Waals surface area contributed by atoms with Crippen LogP contribution in [0.15, 0.2) is 52.0 Å². The molecule has 2 N–H and O–H groups in total. The van der Waals surface area contributed by atoms with Crippen LogP contribution in [0.1, 0.15) is 12.5 Å². The van der Waals surface area contributed by atoms with Gasteiger partial charge in [-0.2, -0.15) is 0 Å². The van der Waals surface area contributed by atoms with Crippen LogP contribution in [-0.2, 0) is 6.42 Å². The number of H-pyrrole nitrogens is 1. The van der Waals surface area contributed by atoms with Crippen molar-refractivity contribution in [1.82, 2.24) is 9.97 Å². The molecule has 0 radical (unpaired) electrons. The number of aromatic hydroxyl groups is 1. The summed E-state index contributed by atoms with van der Waals surface area (Å²) < 4.78 is 0. The normalized spacial score (nSPS) is 11.7. The van der Waals surface area contributed by atoms with Crippen LogP contribution in [0.25, 0.3) is 22.2 Å². The number of benzene rings is 2. The van der Waals surface area contributed by atoms with Gasteiger partial charge in [-0.1, -0.05) is 36.2 Å². The van der Waals surface area contributed by atoms with Gasteiger partial charge in [0.2, 0.25) is 11.0 Å². The molecule has 8 heteroatoms. The minimum Gasteiger partial charge on any atom is -0.493 e. The standard InChI is InChI=1S/C19H14Cl2N4OS/c1-2-10-3-6-15-13(7-10)17(18(26)22-15)24-25-19-23-16(9-27-19)12-5-4-11(20)8-14(12)21/h3-9,22,26H,2H2,1H3. The maximum atomic E-state index is 10.2. The van der Waals surface area contributed by atoms with Gasteiger partial charge in [0.15, 0.2) is 5.69 Å². The van der Waals surface area contributed by atoms with E-state index in [1.165, 1.54) is 11.3 Å². The third kappa shape index (κ3) is 3.56. The van der Waals surface area contributed by atoms with Crippen LogP contribution >= 0.6 is 34.5 Å². The molecule has 0 aliphatic rings. The predicted octanol–water partition coefficient (Wildman–Crippen LogP) is 7.28. The fourth-order valence-electron chi connectivity index (χ4n) is 2.76. The Labute approximate surface area is 169 Å². The summed E-state index contributed by atoms with van der Waals surface area (Å²) in [6, 6.07) is 11.2. The van der Waals surface area contributed by atoms with Crippen molar-refractivity contribution >= 4 is 56.3 Å². The molecule has 27 heavy (non-hydrogen) atoms. The molecule has 136 valence electrons. The Hall–Kier alpha value is -2.41. The Morgan fingerprint density at radius 1 is 1.15 bits per heavy atom. The van der Waals surface area contributed by atoms with Crippen molar-refractivity contribution in [2.75, 3.05) is 0 Å². The summed E-state index contributed by atoms with van der Waals surface area (Å²) >= 11 is 13.5. The molecular formula is C19H14Cl2N4OS. The van der Waals surface area contributed by atoms with Crippen LogP contribution in [0.4, 0.5) is 10.8 Å². The van der Waals surface area contributed by atoms with Gasteiger partial charge in [-0.05, 0) is 42.3 Å². The molecule has 0 atom stereocenters. The highest BCUT2D eigenvalue weighted by Gasteiger charge is 2.12. The van der Waals surface area contributed by atoms with Crippen molar-refractivity contribution in [2.24, 2.45) is 10.2 Å². The highest BCUT2D eigenvalue weighted by atomic mass is 35.5. The minimum absolute atomic E-state index is 0.0143. The fourth-order valence-corrected chi connectivity index (χ4v) is 3.90. The molecular weight excluding hydrogens is 403 g/mol. The van der Waals surface area contributed by atoms with Crippen molar-refractivity contribution in [1.29, 1.82) is 0 Å². The molecule has 0 bridgehead atoms. The number of rotatable bonds is 4. The zero-order valence-corrected chi connectivity index (χ0v) is 16.5. The van der Waals surface area contributed by atoms with Crippen LogP contribution in [-0.4, -0.2) is 15.1 Å². The fraction of sp³-hybridized carbons (Fsp3) is 0.105. The van der Waals surface area contributed by atoms with Crippen molar-refractivity contribution in [3.63, 3.8) is 0 Å². The van der Waals surface area contributed by atoms with Gasteiger partial charge >= 0.3 is 0 Å². The zero-order chi connectivity index (χ0) is 19.0. The quantitative estimate of drug-likeness (QED) is 0.342. The summed E-state index contributed by atoms with van der Waals surface area (Å²) in [7, 11) is 0. The van der Waals surface area contributed by atoms with E-state index < -0.39 is 0 Å². The first kappa shape index (κ1) is 18.0. The number of thiazole rings is 1. The second-order valence-corrected chi connectivity index (χ2v) is 7.58. The number of aryl methyl sites for hydroxylation is 1. The molecule has 0 saturated carbocycles. The second kappa shape index (κ2) is 7.31. The molecule has 0 aliphatic carbocycles. The summed E-state index contributed by atoms with van der Waals surface area (Å²) in [4.78, 5) is 7.37. The molecule has 2 aromatic carbocycles. The number of halogens is 2. The number of nitrogens with zero attached hydrogens (tertiary/aromatic N) is 3. The topological polar surface area (TPSA) is 73.6 Å². The van der Waals surface area contributed by atoms with E-state index in [0.717, 1.165) is 28.5 Å². The third-order valence-electron chi connectivity index (χ3n) is 4.16. The van der Waals surface area contributed by atoms with Gasteiger partial charge in [0, 0.05) is 21.4 Å². The van der Waals surface area contributed by atoms with Gasteiger partial charge in [0.25, 0.3) is 0 Å². The zero-order valence-electron chi connectivity index (χ0n) is 14.2. The van der Waals surface area contributed by atoms with Crippen molar-refractivity contribution in [3.8, 4) is 17.1 Å². The van der Waals surface area contributed by atoms with Crippen molar-refractivity contribution < 1.29 is 5.11 Å². The van der Waals surface area contributed by atoms with Crippen LogP contribution in [0.5, 0.6) is 5.88 Å². The molecule has 2 heterocycles. The van der Waals surface area contributed by atoms with Gasteiger partial charge < -0.3 is 10.1 Å². The molecule has 2 aromatic heterocycles. The highest BCUT2D eigenvalue weighted by molar-refractivity contribution is 7.13. The number of hydrogen-bond donors (Lipinski definition) is 2. The van der Waals surface area contributed by atoms with Crippen LogP contribution in [0.2, 0.25) is 10.0 Å². The monoisotopic (exact) mass is 416 g/mol. The van der Waals surface area contributed by atoms with E-state index in [4.69, 9.17) is 23.2 Å². The lowest BCUT2D eigenvalue weighted by atomic mass is 10.1. The lowest BCUT2D eigenvalue weighted by Crippen LogP contribution is -1.79. The molecule has 0 spiro atoms. The van der Waals surface area contributed by atoms with Crippen LogP contribution < -0.4 is 0 Å². The second-order valence-electron chi connectivity index (χ2n) is 5.90. The van der Waals surface area contributed by atoms with Crippen LogP contribution in [0.3, 0.4) is 0 Å². The first-order valence-electron chi connectivity index (χ1n) is 8.21. The Balaban J connectivity index is 1.67.